The number of amides is 1. The Hall–Kier alpha value is -2.40. The van der Waals surface area contributed by atoms with Gasteiger partial charge in [0.2, 0.25) is 10.0 Å². The summed E-state index contributed by atoms with van der Waals surface area (Å²) >= 11 is 0. The Morgan fingerprint density at radius 3 is 2.86 bits per heavy atom. The van der Waals surface area contributed by atoms with Gasteiger partial charge in [0.25, 0.3) is 0 Å². The van der Waals surface area contributed by atoms with Gasteiger partial charge in [0, 0.05) is 46.0 Å². The maximum atomic E-state index is 12.8. The first kappa shape index (κ1) is 20.3. The summed E-state index contributed by atoms with van der Waals surface area (Å²) in [6.45, 7) is 2.83. The number of nitrogens with one attached hydrogen (secondary N) is 1. The molecule has 2 aromatic heterocycles. The monoisotopic (exact) mass is 410 g/mol. The number of nitrogens with zero attached hydrogens (tertiary/aromatic N) is 5. The van der Waals surface area contributed by atoms with Crippen LogP contribution in [0.15, 0.2) is 18.6 Å². The number of hydrogen-bond acceptors (Lipinski definition) is 6. The highest BCUT2D eigenvalue weighted by Crippen LogP contribution is 2.29. The van der Waals surface area contributed by atoms with Crippen LogP contribution in [0.25, 0.3) is 11.0 Å². The van der Waals surface area contributed by atoms with Crippen molar-refractivity contribution in [2.24, 2.45) is 5.92 Å². The zero-order chi connectivity index (χ0) is 20.5. The van der Waals surface area contributed by atoms with Crippen molar-refractivity contribution in [2.75, 3.05) is 44.4 Å². The van der Waals surface area contributed by atoms with Gasteiger partial charge in [0.05, 0.1) is 11.1 Å². The molecule has 3 rings (SSSR count). The van der Waals surface area contributed by atoms with Crippen LogP contribution >= 0.6 is 0 Å². The topological polar surface area (TPSA) is 123 Å². The number of piperidine rings is 1. The van der Waals surface area contributed by atoms with Gasteiger partial charge in [0.1, 0.15) is 17.8 Å². The zero-order valence-corrected chi connectivity index (χ0v) is 17.1. The number of hydrogen-bond donors (Lipinski definition) is 2. The van der Waals surface area contributed by atoms with E-state index < -0.39 is 16.1 Å². The third-order valence-electron chi connectivity index (χ3n) is 5.45. The van der Waals surface area contributed by atoms with Crippen LogP contribution in [0.1, 0.15) is 13.3 Å². The highest BCUT2D eigenvalue weighted by atomic mass is 32.2. The smallest absolute Gasteiger partial charge is 0.407 e. The second-order valence-corrected chi connectivity index (χ2v) is 9.35. The molecule has 0 bridgehead atoms. The number of likely N-dealkylation sites (N-methyl/N-ethyl adjacent to an activating group) is 1. The Labute approximate surface area is 164 Å². The minimum Gasteiger partial charge on any atom is -0.465 e. The molecule has 3 heterocycles. The van der Waals surface area contributed by atoms with Gasteiger partial charge in [-0.15, -0.1) is 0 Å². The van der Waals surface area contributed by atoms with Crippen molar-refractivity contribution in [1.82, 2.24) is 24.2 Å². The Morgan fingerprint density at radius 1 is 1.39 bits per heavy atom. The summed E-state index contributed by atoms with van der Waals surface area (Å²) in [6, 6.07) is 1.86. The summed E-state index contributed by atoms with van der Waals surface area (Å²) in [7, 11) is -0.267. The summed E-state index contributed by atoms with van der Waals surface area (Å²) in [5.74, 6) is 0.811. The van der Waals surface area contributed by atoms with E-state index in [-0.39, 0.29) is 24.3 Å². The summed E-state index contributed by atoms with van der Waals surface area (Å²) in [5.41, 5.74) is 0.737. The second kappa shape index (κ2) is 7.92. The van der Waals surface area contributed by atoms with Crippen LogP contribution in [0.3, 0.4) is 0 Å². The third-order valence-corrected chi connectivity index (χ3v) is 7.27. The lowest BCUT2D eigenvalue weighted by molar-refractivity contribution is 0.158. The number of aromatic nitrogens is 3. The average molecular weight is 411 g/mol. The van der Waals surface area contributed by atoms with Crippen molar-refractivity contribution in [2.45, 2.75) is 19.4 Å². The van der Waals surface area contributed by atoms with E-state index in [1.54, 1.807) is 6.20 Å². The van der Waals surface area contributed by atoms with Gasteiger partial charge in [-0.25, -0.2) is 23.2 Å². The fourth-order valence-corrected chi connectivity index (χ4v) is 5.08. The van der Waals surface area contributed by atoms with Crippen LogP contribution in [0.5, 0.6) is 0 Å². The van der Waals surface area contributed by atoms with E-state index in [2.05, 4.69) is 21.9 Å². The first-order valence-corrected chi connectivity index (χ1v) is 10.7. The Kier molecular flexibility index (Phi) is 5.75. The van der Waals surface area contributed by atoms with Gasteiger partial charge >= 0.3 is 6.09 Å². The summed E-state index contributed by atoms with van der Waals surface area (Å²) in [4.78, 5) is 25.6. The molecular weight excluding hydrogens is 384 g/mol. The molecule has 0 saturated carbocycles. The maximum absolute atomic E-state index is 12.8. The predicted molar refractivity (Wildman–Crippen MR) is 106 cm³/mol. The average Bonchev–Trinajstić information content (AvgIpc) is 3.14. The summed E-state index contributed by atoms with van der Waals surface area (Å²) in [5, 5.41) is 9.82. The molecule has 2 N–H and O–H groups in total. The maximum Gasteiger partial charge on any atom is 0.407 e. The molecule has 28 heavy (non-hydrogen) atoms. The van der Waals surface area contributed by atoms with Crippen LogP contribution in [-0.2, 0) is 10.0 Å². The lowest BCUT2D eigenvalue weighted by Gasteiger charge is -2.41. The van der Waals surface area contributed by atoms with Crippen LogP contribution < -0.4 is 4.90 Å². The molecule has 10 nitrogen and oxygen atoms in total. The highest BCUT2D eigenvalue weighted by molar-refractivity contribution is 7.89. The van der Waals surface area contributed by atoms with Crippen LogP contribution in [-0.4, -0.2) is 89.3 Å². The highest BCUT2D eigenvalue weighted by Gasteiger charge is 2.35. The molecular formula is C17H26N6O4S. The van der Waals surface area contributed by atoms with Crippen molar-refractivity contribution < 1.29 is 18.3 Å². The molecule has 0 aromatic carbocycles. The molecule has 1 fully saturated rings. The van der Waals surface area contributed by atoms with Gasteiger partial charge < -0.3 is 19.9 Å². The van der Waals surface area contributed by atoms with E-state index >= 15 is 0 Å². The van der Waals surface area contributed by atoms with Gasteiger partial charge in [-0.05, 0) is 18.4 Å². The number of carbonyl (C=O) groups is 1. The second-order valence-electron chi connectivity index (χ2n) is 7.26. The van der Waals surface area contributed by atoms with Gasteiger partial charge in [-0.3, -0.25) is 0 Å². The first-order chi connectivity index (χ1) is 13.2. The number of sulfonamides is 1. The van der Waals surface area contributed by atoms with E-state index in [1.165, 1.54) is 17.7 Å². The van der Waals surface area contributed by atoms with Crippen LogP contribution in [0.4, 0.5) is 10.6 Å². The number of anilines is 1. The fourth-order valence-electron chi connectivity index (χ4n) is 3.55. The fraction of sp³-hybridized carbons (Fsp3) is 0.588. The minimum absolute atomic E-state index is 0.0475. The standard InChI is InChI=1S/C17H26N6O4S/c1-12-5-7-23(28(26,27)9-8-21(2)17(24)25)10-14(12)22(3)16-13-4-6-18-15(13)19-11-20-16/h4,6,11-12,14H,5,7-10H2,1-3H3,(H,24,25)(H,18,19,20). The van der Waals surface area contributed by atoms with Crippen molar-refractivity contribution in [3.8, 4) is 0 Å². The Bertz CT molecular complexity index is 946. The zero-order valence-electron chi connectivity index (χ0n) is 16.2. The molecule has 0 radical (unpaired) electrons. The Morgan fingerprint density at radius 2 is 2.14 bits per heavy atom. The largest absolute Gasteiger partial charge is 0.465 e. The molecule has 11 heteroatoms. The SMILES string of the molecule is CC1CCN(S(=O)(=O)CCN(C)C(=O)O)CC1N(C)c1ncnc2[nH]ccc12. The molecule has 154 valence electrons. The molecule has 2 atom stereocenters. The minimum atomic E-state index is -3.55. The predicted octanol–water partition coefficient (Wildman–Crippen LogP) is 1.04. The van der Waals surface area contributed by atoms with Crippen molar-refractivity contribution >= 4 is 33.0 Å². The van der Waals surface area contributed by atoms with Crippen molar-refractivity contribution in [3.63, 3.8) is 0 Å². The molecule has 2 unspecified atom stereocenters. The normalized spacial score (nSPS) is 21.0. The molecule has 1 saturated heterocycles. The molecule has 2 aromatic rings. The van der Waals surface area contributed by atoms with Crippen LogP contribution in [0.2, 0.25) is 0 Å². The van der Waals surface area contributed by atoms with Crippen LogP contribution in [0, 0.1) is 5.92 Å². The van der Waals surface area contributed by atoms with E-state index in [4.69, 9.17) is 5.11 Å². The van der Waals surface area contributed by atoms with E-state index in [9.17, 15) is 13.2 Å². The summed E-state index contributed by atoms with van der Waals surface area (Å²) in [6.07, 6.45) is 2.88. The number of fused-ring (bicyclic) bond motifs is 1. The Balaban J connectivity index is 1.77. The van der Waals surface area contributed by atoms with Gasteiger partial charge in [-0.1, -0.05) is 6.92 Å². The number of aromatic amines is 1. The molecule has 1 amide bonds. The van der Waals surface area contributed by atoms with E-state index in [0.717, 1.165) is 28.2 Å². The van der Waals surface area contributed by atoms with Gasteiger partial charge in [0.15, 0.2) is 0 Å². The van der Waals surface area contributed by atoms with Crippen molar-refractivity contribution in [1.29, 1.82) is 0 Å². The third kappa shape index (κ3) is 4.04. The molecule has 0 aliphatic carbocycles. The quantitative estimate of drug-likeness (QED) is 0.729. The molecule has 0 spiro atoms. The van der Waals surface area contributed by atoms with Gasteiger partial charge in [-0.2, -0.15) is 4.31 Å². The number of H-pyrrole nitrogens is 1. The van der Waals surface area contributed by atoms with E-state index in [0.29, 0.717) is 13.1 Å². The molecule has 1 aliphatic rings. The number of rotatable bonds is 6. The molecule has 1 aliphatic heterocycles. The first-order valence-electron chi connectivity index (χ1n) is 9.13. The lowest BCUT2D eigenvalue weighted by atomic mass is 9.93. The van der Waals surface area contributed by atoms with Crippen molar-refractivity contribution in [3.05, 3.63) is 18.6 Å². The van der Waals surface area contributed by atoms with E-state index in [1.807, 2.05) is 18.0 Å². The lowest BCUT2D eigenvalue weighted by Crippen LogP contribution is -2.53. The summed E-state index contributed by atoms with van der Waals surface area (Å²) < 4.78 is 27.0. The number of carboxylic acid groups (broad SMARTS) is 1.